The molecule has 80 valence electrons. The van der Waals surface area contributed by atoms with Gasteiger partial charge in [0.25, 0.3) is 0 Å². The van der Waals surface area contributed by atoms with Gasteiger partial charge in [0, 0.05) is 0 Å². The van der Waals surface area contributed by atoms with E-state index in [2.05, 4.69) is 34.6 Å². The smallest absolute Gasteiger partial charge is 0.125 e. The molecule has 0 atom stereocenters. The first kappa shape index (κ1) is 13.0. The molecule has 1 nitrogen and oxygen atoms in total. The summed E-state index contributed by atoms with van der Waals surface area (Å²) in [6.45, 7) is 10.7. The Morgan fingerprint density at radius 1 is 0.643 bits per heavy atom. The van der Waals surface area contributed by atoms with Crippen molar-refractivity contribution in [2.24, 2.45) is 0 Å². The fourth-order valence-corrected chi connectivity index (χ4v) is 1.77. The van der Waals surface area contributed by atoms with E-state index < -0.39 is 0 Å². The number of rotatable bonds is 1. The Morgan fingerprint density at radius 3 is 1.21 bits per heavy atom. The molecule has 0 spiro atoms. The lowest BCUT2D eigenvalue weighted by Crippen LogP contribution is -1.99. The van der Waals surface area contributed by atoms with Crippen LogP contribution in [0.4, 0.5) is 0 Å². The van der Waals surface area contributed by atoms with Gasteiger partial charge in [-0.25, -0.2) is 0 Å². The van der Waals surface area contributed by atoms with Crippen molar-refractivity contribution in [3.63, 3.8) is 0 Å². The van der Waals surface area contributed by atoms with Gasteiger partial charge >= 0.3 is 0 Å². The number of hydrogen-bond donors (Lipinski definition) is 0. The van der Waals surface area contributed by atoms with E-state index in [1.54, 1.807) is 7.11 Å². The van der Waals surface area contributed by atoms with Crippen LogP contribution in [0.1, 0.15) is 35.2 Å². The van der Waals surface area contributed by atoms with E-state index in [-0.39, 0.29) is 7.43 Å². The third kappa shape index (κ3) is 1.77. The molecule has 0 aromatic heterocycles. The zero-order valence-electron chi connectivity index (χ0n) is 9.41. The summed E-state index contributed by atoms with van der Waals surface area (Å²) < 4.78 is 5.39. The second-order valence-electron chi connectivity index (χ2n) is 3.66. The molecule has 0 amide bonds. The highest BCUT2D eigenvalue weighted by Crippen LogP contribution is 2.31. The van der Waals surface area contributed by atoms with Crippen molar-refractivity contribution >= 4 is 0 Å². The fraction of sp³-hybridized carbons (Fsp3) is 0.538. The molecule has 1 rings (SSSR count). The average molecular weight is 194 g/mol. The van der Waals surface area contributed by atoms with Crippen LogP contribution >= 0.6 is 0 Å². The predicted molar refractivity (Wildman–Crippen MR) is 63.4 cm³/mol. The van der Waals surface area contributed by atoms with E-state index in [1.165, 1.54) is 27.8 Å². The van der Waals surface area contributed by atoms with Gasteiger partial charge in [-0.2, -0.15) is 0 Å². The van der Waals surface area contributed by atoms with Crippen LogP contribution in [0.2, 0.25) is 0 Å². The van der Waals surface area contributed by atoms with E-state index in [0.29, 0.717) is 0 Å². The molecule has 1 heteroatoms. The monoisotopic (exact) mass is 194 g/mol. The molecule has 1 aromatic rings. The summed E-state index contributed by atoms with van der Waals surface area (Å²) in [6.07, 6.45) is 0. The van der Waals surface area contributed by atoms with Gasteiger partial charge in [0.2, 0.25) is 0 Å². The molecule has 0 unspecified atom stereocenters. The molecule has 0 N–H and O–H groups in total. The van der Waals surface area contributed by atoms with Crippen molar-refractivity contribution in [1.29, 1.82) is 0 Å². The first-order valence-electron chi connectivity index (χ1n) is 4.61. The van der Waals surface area contributed by atoms with Crippen LogP contribution in [-0.4, -0.2) is 7.11 Å². The third-order valence-electron chi connectivity index (χ3n) is 3.14. The van der Waals surface area contributed by atoms with Gasteiger partial charge in [-0.05, 0) is 62.4 Å². The fourth-order valence-electron chi connectivity index (χ4n) is 1.77. The highest BCUT2D eigenvalue weighted by Gasteiger charge is 2.11. The summed E-state index contributed by atoms with van der Waals surface area (Å²) in [4.78, 5) is 0. The standard InChI is InChI=1S/C12H18O.CH4/c1-7-8(2)10(4)12(13-6)11(5)9(7)3;/h1-6H3;1H4. The molecule has 0 fully saturated rings. The van der Waals surface area contributed by atoms with E-state index >= 15 is 0 Å². The van der Waals surface area contributed by atoms with Gasteiger partial charge in [-0.15, -0.1) is 0 Å². The first-order chi connectivity index (χ1) is 6.00. The SMILES string of the molecule is C.COc1c(C)c(C)c(C)c(C)c1C. The van der Waals surface area contributed by atoms with Crippen molar-refractivity contribution in [3.05, 3.63) is 27.8 Å². The van der Waals surface area contributed by atoms with Crippen LogP contribution in [0.3, 0.4) is 0 Å². The lowest BCUT2D eigenvalue weighted by molar-refractivity contribution is 0.407. The Balaban J connectivity index is 0.00000169. The first-order valence-corrected chi connectivity index (χ1v) is 4.61. The summed E-state index contributed by atoms with van der Waals surface area (Å²) in [5.74, 6) is 1.04. The molecule has 14 heavy (non-hydrogen) atoms. The highest BCUT2D eigenvalue weighted by atomic mass is 16.5. The van der Waals surface area contributed by atoms with Crippen LogP contribution in [-0.2, 0) is 0 Å². The molecular formula is C13H22O. The van der Waals surface area contributed by atoms with Crippen molar-refractivity contribution in [2.45, 2.75) is 42.0 Å². The van der Waals surface area contributed by atoms with Gasteiger partial charge in [-0.3, -0.25) is 0 Å². The van der Waals surface area contributed by atoms with Crippen molar-refractivity contribution < 1.29 is 4.74 Å². The molecule has 0 aliphatic carbocycles. The lowest BCUT2D eigenvalue weighted by atomic mass is 9.94. The largest absolute Gasteiger partial charge is 0.496 e. The zero-order valence-corrected chi connectivity index (χ0v) is 9.41. The molecule has 0 bridgehead atoms. The highest BCUT2D eigenvalue weighted by molar-refractivity contribution is 5.53. The molecular weight excluding hydrogens is 172 g/mol. The van der Waals surface area contributed by atoms with Crippen LogP contribution < -0.4 is 4.74 Å². The Bertz CT molecular complexity index is 309. The molecule has 0 heterocycles. The van der Waals surface area contributed by atoms with E-state index in [1.807, 2.05) is 0 Å². The summed E-state index contributed by atoms with van der Waals surface area (Å²) in [5.41, 5.74) is 6.61. The number of benzene rings is 1. The van der Waals surface area contributed by atoms with Gasteiger partial charge < -0.3 is 4.74 Å². The number of methoxy groups -OCH3 is 1. The van der Waals surface area contributed by atoms with Gasteiger partial charge in [0.15, 0.2) is 0 Å². The minimum Gasteiger partial charge on any atom is -0.496 e. The molecule has 1 aromatic carbocycles. The summed E-state index contributed by atoms with van der Waals surface area (Å²) in [5, 5.41) is 0. The predicted octanol–water partition coefficient (Wildman–Crippen LogP) is 3.87. The maximum atomic E-state index is 5.39. The minimum absolute atomic E-state index is 0. The summed E-state index contributed by atoms with van der Waals surface area (Å²) in [7, 11) is 1.74. The van der Waals surface area contributed by atoms with Crippen molar-refractivity contribution in [3.8, 4) is 5.75 Å². The Morgan fingerprint density at radius 2 is 0.929 bits per heavy atom. The van der Waals surface area contributed by atoms with Crippen molar-refractivity contribution in [1.82, 2.24) is 0 Å². The summed E-state index contributed by atoms with van der Waals surface area (Å²) in [6, 6.07) is 0. The van der Waals surface area contributed by atoms with Crippen LogP contribution in [0.15, 0.2) is 0 Å². The van der Waals surface area contributed by atoms with E-state index in [0.717, 1.165) is 5.75 Å². The van der Waals surface area contributed by atoms with Crippen molar-refractivity contribution in [2.75, 3.05) is 7.11 Å². The van der Waals surface area contributed by atoms with Crippen LogP contribution in [0, 0.1) is 34.6 Å². The second kappa shape index (κ2) is 4.50. The van der Waals surface area contributed by atoms with E-state index in [9.17, 15) is 0 Å². The molecule has 0 saturated carbocycles. The Hall–Kier alpha value is -0.980. The van der Waals surface area contributed by atoms with Gasteiger partial charge in [0.05, 0.1) is 7.11 Å². The number of hydrogen-bond acceptors (Lipinski definition) is 1. The Kier molecular flexibility index (Phi) is 4.18. The molecule has 0 aliphatic heterocycles. The lowest BCUT2D eigenvalue weighted by Gasteiger charge is -2.16. The number of ether oxygens (including phenoxy) is 1. The van der Waals surface area contributed by atoms with Crippen LogP contribution in [0.5, 0.6) is 5.75 Å². The van der Waals surface area contributed by atoms with Gasteiger partial charge in [0.1, 0.15) is 5.75 Å². The second-order valence-corrected chi connectivity index (χ2v) is 3.66. The topological polar surface area (TPSA) is 9.23 Å². The Labute approximate surface area is 88.1 Å². The quantitative estimate of drug-likeness (QED) is 0.659. The third-order valence-corrected chi connectivity index (χ3v) is 3.14. The maximum absolute atomic E-state index is 5.39. The van der Waals surface area contributed by atoms with Gasteiger partial charge in [-0.1, -0.05) is 7.43 Å². The zero-order chi connectivity index (χ0) is 10.2. The minimum atomic E-state index is 0. The molecule has 0 saturated heterocycles. The van der Waals surface area contributed by atoms with E-state index in [4.69, 9.17) is 4.74 Å². The maximum Gasteiger partial charge on any atom is 0.125 e. The average Bonchev–Trinajstić information content (AvgIpc) is 2.13. The van der Waals surface area contributed by atoms with Crippen LogP contribution in [0.25, 0.3) is 0 Å². The normalized spacial score (nSPS) is 9.57. The summed E-state index contributed by atoms with van der Waals surface area (Å²) >= 11 is 0. The molecule has 0 radical (unpaired) electrons. The molecule has 0 aliphatic rings.